The van der Waals surface area contributed by atoms with Crippen molar-refractivity contribution in [2.24, 2.45) is 16.5 Å². The van der Waals surface area contributed by atoms with Crippen molar-refractivity contribution in [3.8, 4) is 0 Å². The average Bonchev–Trinajstić information content (AvgIpc) is 2.17. The smallest absolute Gasteiger partial charge is 0.189 e. The number of hydrogen-bond donors (Lipinski definition) is 3. The molecule has 4 nitrogen and oxygen atoms in total. The van der Waals surface area contributed by atoms with Crippen LogP contribution in [0.5, 0.6) is 0 Å². The summed E-state index contributed by atoms with van der Waals surface area (Å²) in [6.07, 6.45) is 0.924. The van der Waals surface area contributed by atoms with Gasteiger partial charge in [-0.05, 0) is 13.0 Å². The van der Waals surface area contributed by atoms with Crippen molar-refractivity contribution in [2.75, 3.05) is 13.1 Å². The van der Waals surface area contributed by atoms with Gasteiger partial charge in [0.05, 0.1) is 6.04 Å². The molecule has 0 aromatic heterocycles. The van der Waals surface area contributed by atoms with Crippen LogP contribution < -0.4 is 16.8 Å². The van der Waals surface area contributed by atoms with Gasteiger partial charge in [0.2, 0.25) is 0 Å². The number of rotatable bonds is 2. The van der Waals surface area contributed by atoms with Crippen LogP contribution in [0.4, 0.5) is 0 Å². The summed E-state index contributed by atoms with van der Waals surface area (Å²) >= 11 is 0. The molecule has 5 N–H and O–H groups in total. The zero-order valence-corrected chi connectivity index (χ0v) is 7.42. The van der Waals surface area contributed by atoms with Crippen LogP contribution in [0.3, 0.4) is 0 Å². The average molecular weight is 209 g/mol. The second-order valence-electron chi connectivity index (χ2n) is 2.13. The van der Waals surface area contributed by atoms with Crippen LogP contribution in [0, 0.1) is 0 Å². The molecule has 1 aliphatic rings. The molecule has 0 aromatic rings. The molecule has 0 saturated carbocycles. The van der Waals surface area contributed by atoms with E-state index in [2.05, 4.69) is 10.3 Å². The molecule has 10 heavy (non-hydrogen) atoms. The van der Waals surface area contributed by atoms with Gasteiger partial charge in [-0.1, -0.05) is 0 Å². The maximum absolute atomic E-state index is 5.35. The summed E-state index contributed by atoms with van der Waals surface area (Å²) in [7, 11) is 0. The molecule has 0 bridgehead atoms. The van der Waals surface area contributed by atoms with Crippen LogP contribution in [0.25, 0.3) is 0 Å². The Bertz CT molecular complexity index is 125. The molecule has 0 saturated heterocycles. The highest BCUT2D eigenvalue weighted by atomic mass is 79.9. The first-order valence-corrected chi connectivity index (χ1v) is 3.10. The predicted molar refractivity (Wildman–Crippen MR) is 47.4 cm³/mol. The monoisotopic (exact) mass is 208 g/mol. The van der Waals surface area contributed by atoms with Gasteiger partial charge in [0, 0.05) is 6.54 Å². The van der Waals surface area contributed by atoms with E-state index in [4.69, 9.17) is 11.5 Å². The second kappa shape index (κ2) is 4.51. The van der Waals surface area contributed by atoms with E-state index in [-0.39, 0.29) is 17.0 Å². The first kappa shape index (κ1) is 9.71. The van der Waals surface area contributed by atoms with Gasteiger partial charge in [0.25, 0.3) is 0 Å². The third-order valence-corrected chi connectivity index (χ3v) is 1.34. The number of hydrogen-bond acceptors (Lipinski definition) is 4. The molecular weight excluding hydrogens is 196 g/mol. The fourth-order valence-corrected chi connectivity index (χ4v) is 0.869. The van der Waals surface area contributed by atoms with E-state index < -0.39 is 0 Å². The van der Waals surface area contributed by atoms with Crippen LogP contribution in [-0.4, -0.2) is 25.1 Å². The van der Waals surface area contributed by atoms with Gasteiger partial charge in [0.15, 0.2) is 5.96 Å². The molecule has 1 heterocycles. The van der Waals surface area contributed by atoms with Gasteiger partial charge in [-0.25, -0.2) is 4.99 Å². The number of nitrogens with zero attached hydrogens (tertiary/aromatic N) is 1. The van der Waals surface area contributed by atoms with Gasteiger partial charge in [-0.2, -0.15) is 0 Å². The minimum absolute atomic E-state index is 0. The zero-order valence-electron chi connectivity index (χ0n) is 5.71. The molecule has 0 fully saturated rings. The topological polar surface area (TPSA) is 76.4 Å². The summed E-state index contributed by atoms with van der Waals surface area (Å²) in [5, 5.41) is 2.93. The third kappa shape index (κ3) is 2.53. The highest BCUT2D eigenvalue weighted by Crippen LogP contribution is 1.98. The van der Waals surface area contributed by atoms with E-state index >= 15 is 0 Å². The van der Waals surface area contributed by atoms with Crippen LogP contribution in [0.2, 0.25) is 0 Å². The lowest BCUT2D eigenvalue weighted by molar-refractivity contribution is 0.644. The van der Waals surface area contributed by atoms with Gasteiger partial charge >= 0.3 is 0 Å². The predicted octanol–water partition coefficient (Wildman–Crippen LogP) is -0.800. The molecule has 0 radical (unpaired) electrons. The van der Waals surface area contributed by atoms with Crippen molar-refractivity contribution in [2.45, 2.75) is 12.5 Å². The Labute approximate surface area is 70.8 Å². The summed E-state index contributed by atoms with van der Waals surface area (Å²) < 4.78 is 0. The normalized spacial score (nSPS) is 22.9. The van der Waals surface area contributed by atoms with Crippen LogP contribution in [0.1, 0.15) is 6.42 Å². The van der Waals surface area contributed by atoms with Crippen LogP contribution in [-0.2, 0) is 0 Å². The summed E-state index contributed by atoms with van der Waals surface area (Å²) in [6, 6.07) is 0.315. The maximum atomic E-state index is 5.35. The molecule has 60 valence electrons. The van der Waals surface area contributed by atoms with Crippen molar-refractivity contribution in [3.05, 3.63) is 0 Å². The fraction of sp³-hybridized carbons (Fsp3) is 0.800. The Morgan fingerprint density at radius 2 is 2.40 bits per heavy atom. The van der Waals surface area contributed by atoms with Crippen molar-refractivity contribution in [1.29, 1.82) is 0 Å². The Hall–Kier alpha value is -0.290. The summed E-state index contributed by atoms with van der Waals surface area (Å²) in [6.45, 7) is 1.53. The standard InChI is InChI=1S/C5H12N4.BrH/c6-2-1-4-3-8-5(7)9-4;/h4H,1-3,6H2,(H3,7,8,9);1H/t4-;/m1./s1. The van der Waals surface area contributed by atoms with E-state index in [0.717, 1.165) is 13.0 Å². The first-order valence-electron chi connectivity index (χ1n) is 3.10. The van der Waals surface area contributed by atoms with Crippen molar-refractivity contribution in [3.63, 3.8) is 0 Å². The molecule has 0 aliphatic carbocycles. The molecule has 1 rings (SSSR count). The molecule has 0 unspecified atom stereocenters. The highest BCUT2D eigenvalue weighted by molar-refractivity contribution is 8.93. The fourth-order valence-electron chi connectivity index (χ4n) is 0.869. The minimum Gasteiger partial charge on any atom is -0.370 e. The molecule has 0 spiro atoms. The van der Waals surface area contributed by atoms with E-state index in [1.807, 2.05) is 0 Å². The number of aliphatic imine (C=N–C) groups is 1. The maximum Gasteiger partial charge on any atom is 0.189 e. The number of nitrogens with two attached hydrogens (primary N) is 2. The number of halogens is 1. The lowest BCUT2D eigenvalue weighted by Crippen LogP contribution is -2.27. The number of nitrogens with one attached hydrogen (secondary N) is 1. The van der Waals surface area contributed by atoms with Crippen molar-refractivity contribution >= 4 is 22.9 Å². The van der Waals surface area contributed by atoms with Gasteiger partial charge in [-0.15, -0.1) is 17.0 Å². The summed E-state index contributed by atoms with van der Waals surface area (Å²) in [5.41, 5.74) is 10.7. The first-order chi connectivity index (χ1) is 4.33. The lowest BCUT2D eigenvalue weighted by Gasteiger charge is -1.99. The van der Waals surface area contributed by atoms with Gasteiger partial charge in [0.1, 0.15) is 0 Å². The van der Waals surface area contributed by atoms with E-state index in [1.54, 1.807) is 0 Å². The van der Waals surface area contributed by atoms with Gasteiger partial charge in [-0.3, -0.25) is 0 Å². The van der Waals surface area contributed by atoms with Gasteiger partial charge < -0.3 is 16.8 Å². The quantitative estimate of drug-likeness (QED) is 0.557. The zero-order chi connectivity index (χ0) is 6.69. The molecule has 1 aliphatic heterocycles. The second-order valence-corrected chi connectivity index (χ2v) is 2.13. The van der Waals surface area contributed by atoms with E-state index in [0.29, 0.717) is 18.5 Å². The summed E-state index contributed by atoms with van der Waals surface area (Å²) in [5.74, 6) is 0.549. The van der Waals surface area contributed by atoms with E-state index in [1.165, 1.54) is 0 Å². The van der Waals surface area contributed by atoms with Crippen molar-refractivity contribution in [1.82, 2.24) is 5.32 Å². The molecule has 5 heteroatoms. The highest BCUT2D eigenvalue weighted by Gasteiger charge is 2.12. The Kier molecular flexibility index (Phi) is 4.38. The molecular formula is C5H13BrN4. The Morgan fingerprint density at radius 1 is 1.70 bits per heavy atom. The van der Waals surface area contributed by atoms with Crippen molar-refractivity contribution < 1.29 is 0 Å². The van der Waals surface area contributed by atoms with Crippen LogP contribution >= 0.6 is 17.0 Å². The third-order valence-electron chi connectivity index (χ3n) is 1.34. The minimum atomic E-state index is 0. The Morgan fingerprint density at radius 3 is 2.80 bits per heavy atom. The van der Waals surface area contributed by atoms with E-state index in [9.17, 15) is 0 Å². The largest absolute Gasteiger partial charge is 0.370 e. The molecule has 1 atom stereocenters. The Balaban J connectivity index is 0.000000810. The molecule has 0 aromatic carbocycles. The molecule has 0 amide bonds. The summed E-state index contributed by atoms with van der Waals surface area (Å²) in [4.78, 5) is 4.08. The number of guanidine groups is 1. The SMILES string of the molecule is Br.NCC[C@@H]1CNC(N)=N1. The van der Waals surface area contributed by atoms with Crippen LogP contribution in [0.15, 0.2) is 4.99 Å². The lowest BCUT2D eigenvalue weighted by atomic mass is 10.2.